The van der Waals surface area contributed by atoms with Crippen molar-refractivity contribution >= 4 is 22.4 Å². The van der Waals surface area contributed by atoms with Crippen LogP contribution in [0.15, 0.2) is 47.3 Å². The summed E-state index contributed by atoms with van der Waals surface area (Å²) < 4.78 is 18.4. The van der Waals surface area contributed by atoms with E-state index in [0.717, 1.165) is 23.3 Å². The van der Waals surface area contributed by atoms with Crippen LogP contribution in [0, 0.1) is 0 Å². The number of hydrogen-bond acceptors (Lipinski definition) is 7. The second-order valence-electron chi connectivity index (χ2n) is 7.59. The second kappa shape index (κ2) is 10.5. The number of ether oxygens (including phenoxy) is 3. The summed E-state index contributed by atoms with van der Waals surface area (Å²) in [7, 11) is 3.19. The molecule has 2 aromatic heterocycles. The van der Waals surface area contributed by atoms with Crippen LogP contribution in [0.25, 0.3) is 22.4 Å². The quantitative estimate of drug-likeness (QED) is 0.324. The van der Waals surface area contributed by atoms with Gasteiger partial charge in [-0.05, 0) is 55.0 Å². The first-order valence-corrected chi connectivity index (χ1v) is 11.8. The first-order valence-electron chi connectivity index (χ1n) is 11.0. The van der Waals surface area contributed by atoms with Gasteiger partial charge in [0.25, 0.3) is 5.56 Å². The lowest BCUT2D eigenvalue weighted by Crippen LogP contribution is -2.23. The minimum atomic E-state index is -0.217. The zero-order valence-corrected chi connectivity index (χ0v) is 19.9. The smallest absolute Gasteiger partial charge is 0.291 e. The van der Waals surface area contributed by atoms with Crippen molar-refractivity contribution in [3.05, 3.63) is 62.9 Å². The van der Waals surface area contributed by atoms with E-state index in [9.17, 15) is 4.79 Å². The van der Waals surface area contributed by atoms with E-state index < -0.39 is 0 Å². The van der Waals surface area contributed by atoms with Crippen LogP contribution in [-0.2, 0) is 0 Å². The van der Waals surface area contributed by atoms with Gasteiger partial charge in [0.05, 0.1) is 25.4 Å². The molecule has 0 N–H and O–H groups in total. The van der Waals surface area contributed by atoms with Gasteiger partial charge in [-0.15, -0.1) is 5.10 Å². The molecule has 0 aliphatic heterocycles. The van der Waals surface area contributed by atoms with Crippen LogP contribution >= 0.6 is 11.3 Å². The maximum Gasteiger partial charge on any atom is 0.291 e. The molecule has 0 spiro atoms. The molecule has 172 valence electrons. The highest BCUT2D eigenvalue weighted by Crippen LogP contribution is 2.25. The van der Waals surface area contributed by atoms with E-state index >= 15 is 0 Å². The highest BCUT2D eigenvalue weighted by atomic mass is 32.1. The molecular formula is C25H27N3O4S. The summed E-state index contributed by atoms with van der Waals surface area (Å²) in [5.41, 5.74) is 1.37. The average Bonchev–Trinajstić information content (AvgIpc) is 3.38. The van der Waals surface area contributed by atoms with Gasteiger partial charge in [0.15, 0.2) is 5.82 Å². The summed E-state index contributed by atoms with van der Waals surface area (Å²) in [5, 5.41) is 4.43. The van der Waals surface area contributed by atoms with Gasteiger partial charge in [0.2, 0.25) is 4.96 Å². The van der Waals surface area contributed by atoms with E-state index in [2.05, 4.69) is 17.0 Å². The lowest BCUT2D eigenvalue weighted by atomic mass is 10.2. The van der Waals surface area contributed by atoms with Gasteiger partial charge >= 0.3 is 0 Å². The van der Waals surface area contributed by atoms with Crippen molar-refractivity contribution < 1.29 is 14.2 Å². The Balaban J connectivity index is 1.55. The van der Waals surface area contributed by atoms with Crippen molar-refractivity contribution in [1.29, 1.82) is 0 Å². The predicted octanol–water partition coefficient (Wildman–Crippen LogP) is 4.34. The van der Waals surface area contributed by atoms with Crippen LogP contribution in [0.5, 0.6) is 17.2 Å². The molecule has 0 amide bonds. The molecule has 0 saturated heterocycles. The third-order valence-corrected chi connectivity index (χ3v) is 6.24. The van der Waals surface area contributed by atoms with Crippen molar-refractivity contribution in [3.8, 4) is 28.6 Å². The topological polar surface area (TPSA) is 75.0 Å². The maximum atomic E-state index is 12.9. The Kier molecular flexibility index (Phi) is 7.24. The molecule has 8 heteroatoms. The lowest BCUT2D eigenvalue weighted by Gasteiger charge is -2.06. The zero-order valence-electron chi connectivity index (χ0n) is 19.0. The van der Waals surface area contributed by atoms with Gasteiger partial charge in [0, 0.05) is 11.1 Å². The molecule has 2 aromatic carbocycles. The van der Waals surface area contributed by atoms with E-state index in [4.69, 9.17) is 14.2 Å². The number of aromatic nitrogens is 3. The number of hydrogen-bond donors (Lipinski definition) is 0. The lowest BCUT2D eigenvalue weighted by molar-refractivity contribution is 0.305. The Morgan fingerprint density at radius 3 is 2.48 bits per heavy atom. The van der Waals surface area contributed by atoms with Crippen LogP contribution < -0.4 is 24.3 Å². The van der Waals surface area contributed by atoms with E-state index in [1.165, 1.54) is 35.1 Å². The number of fused-ring (bicyclic) bond motifs is 1. The van der Waals surface area contributed by atoms with Crippen molar-refractivity contribution in [2.75, 3.05) is 20.8 Å². The Hall–Kier alpha value is -3.39. The van der Waals surface area contributed by atoms with Crippen molar-refractivity contribution in [1.82, 2.24) is 14.6 Å². The predicted molar refractivity (Wildman–Crippen MR) is 131 cm³/mol. The van der Waals surface area contributed by atoms with Gasteiger partial charge < -0.3 is 14.2 Å². The number of benzene rings is 2. The SMILES string of the molecule is CCCCCCOc1ccc(-c2nc3s/c(=C/c4cc(OC)ccc4OC)c(=O)n3n2)cc1. The Bertz CT molecular complexity index is 1330. The maximum absolute atomic E-state index is 12.9. The van der Waals surface area contributed by atoms with Gasteiger partial charge in [-0.3, -0.25) is 4.79 Å². The van der Waals surface area contributed by atoms with Crippen LogP contribution in [0.4, 0.5) is 0 Å². The van der Waals surface area contributed by atoms with Crippen molar-refractivity contribution in [3.63, 3.8) is 0 Å². The summed E-state index contributed by atoms with van der Waals surface area (Å²) in [4.78, 5) is 18.0. The molecule has 0 saturated carbocycles. The molecule has 4 aromatic rings. The highest BCUT2D eigenvalue weighted by Gasteiger charge is 2.13. The Morgan fingerprint density at radius 1 is 1.00 bits per heavy atom. The minimum absolute atomic E-state index is 0.217. The molecule has 4 rings (SSSR count). The van der Waals surface area contributed by atoms with Crippen molar-refractivity contribution in [2.24, 2.45) is 0 Å². The molecule has 0 fully saturated rings. The standard InChI is InChI=1S/C25H27N3O4S/c1-4-5-6-7-14-32-19-10-8-17(9-11-19)23-26-25-28(27-23)24(29)22(33-25)16-18-15-20(30-2)12-13-21(18)31-3/h8-13,15-16H,4-7,14H2,1-3H3/b22-16+. The van der Waals surface area contributed by atoms with Crippen molar-refractivity contribution in [2.45, 2.75) is 32.6 Å². The number of rotatable bonds is 10. The average molecular weight is 466 g/mol. The Morgan fingerprint density at radius 2 is 1.79 bits per heavy atom. The Labute approximate surface area is 196 Å². The van der Waals surface area contributed by atoms with E-state index in [1.54, 1.807) is 20.3 Å². The summed E-state index contributed by atoms with van der Waals surface area (Å²) >= 11 is 1.29. The number of unbranched alkanes of at least 4 members (excludes halogenated alkanes) is 3. The number of methoxy groups -OCH3 is 2. The first-order chi connectivity index (χ1) is 16.1. The molecular weight excluding hydrogens is 438 g/mol. The van der Waals surface area contributed by atoms with Gasteiger partial charge in [-0.2, -0.15) is 9.50 Å². The monoisotopic (exact) mass is 465 g/mol. The summed E-state index contributed by atoms with van der Waals surface area (Å²) in [6.45, 7) is 2.91. The molecule has 7 nitrogen and oxygen atoms in total. The van der Waals surface area contributed by atoms with E-state index in [1.807, 2.05) is 42.5 Å². The minimum Gasteiger partial charge on any atom is -0.497 e. The second-order valence-corrected chi connectivity index (χ2v) is 8.60. The molecule has 0 aliphatic rings. The summed E-state index contributed by atoms with van der Waals surface area (Å²) in [6.07, 6.45) is 6.47. The van der Waals surface area contributed by atoms with Crippen LogP contribution in [0.3, 0.4) is 0 Å². The molecule has 33 heavy (non-hydrogen) atoms. The first kappa shape index (κ1) is 22.8. The van der Waals surface area contributed by atoms with Gasteiger partial charge in [0.1, 0.15) is 17.2 Å². The van der Waals surface area contributed by atoms with E-state index in [-0.39, 0.29) is 5.56 Å². The van der Waals surface area contributed by atoms with Crippen LogP contribution in [0.1, 0.15) is 38.2 Å². The van der Waals surface area contributed by atoms with Crippen LogP contribution in [-0.4, -0.2) is 35.4 Å². The summed E-state index contributed by atoms with van der Waals surface area (Å²) in [5.74, 6) is 2.68. The third kappa shape index (κ3) is 5.17. The fraction of sp³-hybridized carbons (Fsp3) is 0.320. The van der Waals surface area contributed by atoms with Gasteiger partial charge in [-0.1, -0.05) is 37.5 Å². The molecule has 2 heterocycles. The fourth-order valence-corrected chi connectivity index (χ4v) is 4.37. The fourth-order valence-electron chi connectivity index (χ4n) is 3.47. The zero-order chi connectivity index (χ0) is 23.2. The van der Waals surface area contributed by atoms with Crippen LogP contribution in [0.2, 0.25) is 0 Å². The van der Waals surface area contributed by atoms with E-state index in [0.29, 0.717) is 33.4 Å². The molecule has 0 radical (unpaired) electrons. The molecule has 0 aliphatic carbocycles. The van der Waals surface area contributed by atoms with Gasteiger partial charge in [-0.25, -0.2) is 0 Å². The largest absolute Gasteiger partial charge is 0.497 e. The molecule has 0 atom stereocenters. The third-order valence-electron chi connectivity index (χ3n) is 5.28. The summed E-state index contributed by atoms with van der Waals surface area (Å²) in [6, 6.07) is 13.1. The normalized spacial score (nSPS) is 11.8. The molecule has 0 bridgehead atoms. The number of thiazole rings is 1. The number of nitrogens with zero attached hydrogens (tertiary/aromatic N) is 3. The highest BCUT2D eigenvalue weighted by molar-refractivity contribution is 7.15. The molecule has 0 unspecified atom stereocenters.